The predicted octanol–water partition coefficient (Wildman–Crippen LogP) is 3.89. The first kappa shape index (κ1) is 18.0. The van der Waals surface area contributed by atoms with Crippen molar-refractivity contribution in [3.05, 3.63) is 59.1 Å². The maximum atomic E-state index is 12.5. The second-order valence-electron chi connectivity index (χ2n) is 7.18. The van der Waals surface area contributed by atoms with Crippen LogP contribution in [0.5, 0.6) is 0 Å². The Balaban J connectivity index is 1.79. The Bertz CT molecular complexity index is 791. The van der Waals surface area contributed by atoms with Gasteiger partial charge in [0.2, 0.25) is 0 Å². The van der Waals surface area contributed by atoms with Crippen LogP contribution in [0.25, 0.3) is 0 Å². The fraction of sp³-hybridized carbons (Fsp3) is 0.316. The number of benzene rings is 2. The third-order valence-electron chi connectivity index (χ3n) is 4.76. The van der Waals surface area contributed by atoms with E-state index in [-0.39, 0.29) is 5.91 Å². The van der Waals surface area contributed by atoms with Gasteiger partial charge in [-0.05, 0) is 63.5 Å². The molecule has 1 heterocycles. The Labute approximate surface area is 153 Å². The van der Waals surface area contributed by atoms with Crippen LogP contribution in [-0.2, 0) is 9.31 Å². The van der Waals surface area contributed by atoms with Crippen LogP contribution in [0.1, 0.15) is 38.1 Å². The summed E-state index contributed by atoms with van der Waals surface area (Å²) in [5.41, 5.74) is 1.16. The van der Waals surface area contributed by atoms with Crippen LogP contribution >= 0.6 is 11.6 Å². The molecule has 1 aliphatic rings. The highest BCUT2D eigenvalue weighted by molar-refractivity contribution is 6.62. The van der Waals surface area contributed by atoms with E-state index < -0.39 is 18.3 Å². The molecular weight excluding hydrogens is 336 g/mol. The molecule has 1 N–H and O–H groups in total. The zero-order valence-electron chi connectivity index (χ0n) is 14.8. The number of carbonyl (C=O) groups is 1. The molecule has 0 unspecified atom stereocenters. The maximum absolute atomic E-state index is 12.5. The lowest BCUT2D eigenvalue weighted by molar-refractivity contribution is 0.00578. The molecule has 0 radical (unpaired) electrons. The molecule has 130 valence electrons. The van der Waals surface area contributed by atoms with Gasteiger partial charge in [0.1, 0.15) is 0 Å². The Morgan fingerprint density at radius 2 is 1.64 bits per heavy atom. The van der Waals surface area contributed by atoms with Gasteiger partial charge in [-0.1, -0.05) is 29.8 Å². The maximum Gasteiger partial charge on any atom is 0.494 e. The lowest BCUT2D eigenvalue weighted by Crippen LogP contribution is -2.41. The van der Waals surface area contributed by atoms with Crippen LogP contribution < -0.4 is 10.8 Å². The summed E-state index contributed by atoms with van der Waals surface area (Å²) >= 11 is 5.95. The van der Waals surface area contributed by atoms with Crippen molar-refractivity contribution in [1.29, 1.82) is 0 Å². The Hall–Kier alpha value is -1.82. The molecule has 1 amide bonds. The molecule has 25 heavy (non-hydrogen) atoms. The summed E-state index contributed by atoms with van der Waals surface area (Å²) in [6.07, 6.45) is 0. The van der Waals surface area contributed by atoms with Crippen molar-refractivity contribution < 1.29 is 14.1 Å². The van der Waals surface area contributed by atoms with Crippen molar-refractivity contribution in [2.75, 3.05) is 5.32 Å². The SMILES string of the molecule is CC1(C)OB(c2cccc(C(=O)Nc3cccc(Cl)c3)c2)OC1(C)C. The summed E-state index contributed by atoms with van der Waals surface area (Å²) in [5, 5.41) is 3.42. The lowest BCUT2D eigenvalue weighted by Gasteiger charge is -2.32. The van der Waals surface area contributed by atoms with E-state index in [1.54, 1.807) is 36.4 Å². The molecule has 2 aromatic rings. The highest BCUT2D eigenvalue weighted by Gasteiger charge is 2.51. The predicted molar refractivity (Wildman–Crippen MR) is 102 cm³/mol. The second kappa shape index (κ2) is 6.48. The summed E-state index contributed by atoms with van der Waals surface area (Å²) in [6.45, 7) is 8.01. The molecule has 0 saturated carbocycles. The molecule has 0 aliphatic carbocycles. The Morgan fingerprint density at radius 3 is 2.28 bits per heavy atom. The van der Waals surface area contributed by atoms with Gasteiger partial charge in [0.25, 0.3) is 5.91 Å². The molecule has 4 nitrogen and oxygen atoms in total. The highest BCUT2D eigenvalue weighted by atomic mass is 35.5. The van der Waals surface area contributed by atoms with Gasteiger partial charge in [-0.2, -0.15) is 0 Å². The number of anilines is 1. The first-order valence-corrected chi connectivity index (χ1v) is 8.58. The molecule has 0 bridgehead atoms. The third-order valence-corrected chi connectivity index (χ3v) is 4.99. The zero-order chi connectivity index (χ0) is 18.2. The topological polar surface area (TPSA) is 47.6 Å². The second-order valence-corrected chi connectivity index (χ2v) is 7.61. The first-order chi connectivity index (χ1) is 11.7. The van der Waals surface area contributed by atoms with Crippen LogP contribution in [0, 0.1) is 0 Å². The summed E-state index contributed by atoms with van der Waals surface area (Å²) in [6, 6.07) is 14.3. The minimum Gasteiger partial charge on any atom is -0.399 e. The number of hydrogen-bond donors (Lipinski definition) is 1. The number of hydrogen-bond acceptors (Lipinski definition) is 3. The summed E-state index contributed by atoms with van der Waals surface area (Å²) < 4.78 is 12.1. The quantitative estimate of drug-likeness (QED) is 0.848. The molecule has 0 aromatic heterocycles. The van der Waals surface area contributed by atoms with E-state index in [0.29, 0.717) is 16.3 Å². The number of halogens is 1. The van der Waals surface area contributed by atoms with Gasteiger partial charge < -0.3 is 14.6 Å². The van der Waals surface area contributed by atoms with E-state index in [1.165, 1.54) is 0 Å². The van der Waals surface area contributed by atoms with Gasteiger partial charge in [-0.25, -0.2) is 0 Å². The number of amides is 1. The van der Waals surface area contributed by atoms with Crippen molar-refractivity contribution in [2.45, 2.75) is 38.9 Å². The van der Waals surface area contributed by atoms with E-state index in [0.717, 1.165) is 5.46 Å². The van der Waals surface area contributed by atoms with Gasteiger partial charge in [-0.3, -0.25) is 4.79 Å². The van der Waals surface area contributed by atoms with Crippen LogP contribution in [0.4, 0.5) is 5.69 Å². The fourth-order valence-corrected chi connectivity index (χ4v) is 2.77. The standard InChI is InChI=1S/C19H21BClNO3/c1-18(2)19(3,4)25-20(24-18)14-8-5-7-13(11-14)17(23)22-16-10-6-9-15(21)12-16/h5-12H,1-4H3,(H,22,23). The van der Waals surface area contributed by atoms with Crippen molar-refractivity contribution >= 4 is 35.8 Å². The summed E-state index contributed by atoms with van der Waals surface area (Å²) in [7, 11) is -0.496. The van der Waals surface area contributed by atoms with Crippen molar-refractivity contribution in [1.82, 2.24) is 0 Å². The van der Waals surface area contributed by atoms with Gasteiger partial charge in [-0.15, -0.1) is 0 Å². The van der Waals surface area contributed by atoms with E-state index in [1.807, 2.05) is 39.8 Å². The zero-order valence-corrected chi connectivity index (χ0v) is 15.6. The fourth-order valence-electron chi connectivity index (χ4n) is 2.58. The number of nitrogens with one attached hydrogen (secondary N) is 1. The van der Waals surface area contributed by atoms with E-state index in [9.17, 15) is 4.79 Å². The largest absolute Gasteiger partial charge is 0.494 e. The van der Waals surface area contributed by atoms with Crippen molar-refractivity contribution in [3.8, 4) is 0 Å². The minimum atomic E-state index is -0.496. The van der Waals surface area contributed by atoms with Crippen LogP contribution in [0.15, 0.2) is 48.5 Å². The Morgan fingerprint density at radius 1 is 1.00 bits per heavy atom. The third kappa shape index (κ3) is 3.74. The van der Waals surface area contributed by atoms with Crippen molar-refractivity contribution in [3.63, 3.8) is 0 Å². The molecule has 3 rings (SSSR count). The van der Waals surface area contributed by atoms with Crippen LogP contribution in [0.3, 0.4) is 0 Å². The van der Waals surface area contributed by atoms with E-state index in [2.05, 4.69) is 5.32 Å². The molecular formula is C19H21BClNO3. The average molecular weight is 358 g/mol. The van der Waals surface area contributed by atoms with Crippen LogP contribution in [-0.4, -0.2) is 24.2 Å². The van der Waals surface area contributed by atoms with E-state index >= 15 is 0 Å². The summed E-state index contributed by atoms with van der Waals surface area (Å²) in [4.78, 5) is 12.5. The first-order valence-electron chi connectivity index (χ1n) is 8.20. The molecule has 1 aliphatic heterocycles. The van der Waals surface area contributed by atoms with Gasteiger partial charge in [0.05, 0.1) is 11.2 Å². The monoisotopic (exact) mass is 357 g/mol. The Kier molecular flexibility index (Phi) is 4.67. The van der Waals surface area contributed by atoms with Gasteiger partial charge >= 0.3 is 7.12 Å². The minimum absolute atomic E-state index is 0.208. The number of rotatable bonds is 3. The van der Waals surface area contributed by atoms with Crippen LogP contribution in [0.2, 0.25) is 5.02 Å². The molecule has 6 heteroatoms. The smallest absolute Gasteiger partial charge is 0.399 e. The molecule has 0 spiro atoms. The van der Waals surface area contributed by atoms with E-state index in [4.69, 9.17) is 20.9 Å². The number of carbonyl (C=O) groups excluding carboxylic acids is 1. The lowest BCUT2D eigenvalue weighted by atomic mass is 9.78. The van der Waals surface area contributed by atoms with Gasteiger partial charge in [0, 0.05) is 16.3 Å². The molecule has 1 fully saturated rings. The van der Waals surface area contributed by atoms with Gasteiger partial charge in [0.15, 0.2) is 0 Å². The highest BCUT2D eigenvalue weighted by Crippen LogP contribution is 2.36. The molecule has 2 aromatic carbocycles. The average Bonchev–Trinajstić information content (AvgIpc) is 2.76. The molecule has 0 atom stereocenters. The van der Waals surface area contributed by atoms with Crippen molar-refractivity contribution in [2.24, 2.45) is 0 Å². The molecule has 1 saturated heterocycles. The normalized spacial score (nSPS) is 18.2. The summed E-state index contributed by atoms with van der Waals surface area (Å²) in [5.74, 6) is -0.208.